The second kappa shape index (κ2) is 8.13. The molecule has 0 atom stereocenters. The minimum absolute atomic E-state index is 0.0149. The van der Waals surface area contributed by atoms with E-state index in [9.17, 15) is 13.2 Å². The van der Waals surface area contributed by atoms with Crippen molar-refractivity contribution in [3.05, 3.63) is 58.5 Å². The van der Waals surface area contributed by atoms with Crippen LogP contribution < -0.4 is 10.0 Å². The lowest BCUT2D eigenvalue weighted by atomic mass is 10.3. The molecular weight excluding hydrogens is 427 g/mol. The van der Waals surface area contributed by atoms with E-state index in [0.29, 0.717) is 12.2 Å². The van der Waals surface area contributed by atoms with E-state index in [0.717, 1.165) is 0 Å². The van der Waals surface area contributed by atoms with Crippen molar-refractivity contribution in [2.45, 2.75) is 18.4 Å². The summed E-state index contributed by atoms with van der Waals surface area (Å²) >= 11 is 11.6. The number of nitrogens with one attached hydrogen (secondary N) is 2. The molecule has 0 spiro atoms. The van der Waals surface area contributed by atoms with E-state index in [2.05, 4.69) is 25.3 Å². The summed E-state index contributed by atoms with van der Waals surface area (Å²) in [6.07, 6.45) is 1.39. The summed E-state index contributed by atoms with van der Waals surface area (Å²) in [5, 5.41) is 14.3. The first-order chi connectivity index (χ1) is 13.3. The van der Waals surface area contributed by atoms with Crippen molar-refractivity contribution in [3.8, 4) is 0 Å². The predicted molar refractivity (Wildman–Crippen MR) is 105 cm³/mol. The number of aromatic nitrogens is 4. The molecule has 0 bridgehead atoms. The van der Waals surface area contributed by atoms with Gasteiger partial charge in [-0.25, -0.2) is 8.42 Å². The third kappa shape index (κ3) is 4.41. The Morgan fingerprint density at radius 1 is 1.11 bits per heavy atom. The molecule has 0 radical (unpaired) electrons. The van der Waals surface area contributed by atoms with Crippen LogP contribution in [-0.2, 0) is 16.6 Å². The van der Waals surface area contributed by atoms with E-state index in [1.165, 1.54) is 47.3 Å². The van der Waals surface area contributed by atoms with E-state index in [1.807, 2.05) is 6.92 Å². The molecular formula is C16H14Cl2N6O3S. The quantitative estimate of drug-likeness (QED) is 0.607. The third-order valence-electron chi connectivity index (χ3n) is 3.60. The first-order valence-corrected chi connectivity index (χ1v) is 10.2. The van der Waals surface area contributed by atoms with Gasteiger partial charge in [0.25, 0.3) is 15.9 Å². The van der Waals surface area contributed by atoms with Gasteiger partial charge < -0.3 is 5.32 Å². The lowest BCUT2D eigenvalue weighted by Gasteiger charge is -2.09. The van der Waals surface area contributed by atoms with Crippen molar-refractivity contribution >= 4 is 50.6 Å². The lowest BCUT2D eigenvalue weighted by molar-refractivity contribution is 0.101. The van der Waals surface area contributed by atoms with Gasteiger partial charge in [-0.3, -0.25) is 14.2 Å². The Bertz CT molecular complexity index is 1100. The number of carbonyl (C=O) groups excluding carboxylic acids is 1. The zero-order valence-corrected chi connectivity index (χ0v) is 16.8. The van der Waals surface area contributed by atoms with Crippen LogP contribution in [0, 0.1) is 0 Å². The molecule has 146 valence electrons. The van der Waals surface area contributed by atoms with Crippen LogP contribution >= 0.6 is 23.2 Å². The fourth-order valence-electron chi connectivity index (χ4n) is 2.30. The van der Waals surface area contributed by atoms with Gasteiger partial charge in [0.15, 0.2) is 11.0 Å². The number of hydrogen-bond acceptors (Lipinski definition) is 6. The molecule has 3 aromatic rings. The van der Waals surface area contributed by atoms with Gasteiger partial charge in [0, 0.05) is 12.2 Å². The van der Waals surface area contributed by atoms with Crippen LogP contribution in [0.3, 0.4) is 0 Å². The minimum Gasteiger partial charge on any atom is -0.321 e. The number of hydrogen-bond donors (Lipinski definition) is 2. The van der Waals surface area contributed by atoms with Crippen LogP contribution in [0.2, 0.25) is 10.2 Å². The van der Waals surface area contributed by atoms with Crippen LogP contribution in [0.1, 0.15) is 17.4 Å². The number of rotatable bonds is 6. The summed E-state index contributed by atoms with van der Waals surface area (Å²) in [6.45, 7) is 2.31. The molecule has 0 aliphatic rings. The summed E-state index contributed by atoms with van der Waals surface area (Å²) in [5.74, 6) is -0.418. The van der Waals surface area contributed by atoms with Gasteiger partial charge in [0.05, 0.1) is 16.1 Å². The fraction of sp³-hybridized carbons (Fsp3) is 0.125. The average Bonchev–Trinajstić information content (AvgIpc) is 3.04. The first-order valence-electron chi connectivity index (χ1n) is 7.95. The van der Waals surface area contributed by atoms with Gasteiger partial charge >= 0.3 is 0 Å². The average molecular weight is 441 g/mol. The molecule has 0 fully saturated rings. The maximum atomic E-state index is 12.4. The minimum atomic E-state index is -3.88. The van der Waals surface area contributed by atoms with Gasteiger partial charge in [0.1, 0.15) is 5.69 Å². The van der Waals surface area contributed by atoms with Crippen LogP contribution in [0.5, 0.6) is 0 Å². The molecule has 3 rings (SSSR count). The highest BCUT2D eigenvalue weighted by Crippen LogP contribution is 2.20. The van der Waals surface area contributed by atoms with Gasteiger partial charge in [0.2, 0.25) is 0 Å². The van der Waals surface area contributed by atoms with Crippen molar-refractivity contribution in [1.82, 2.24) is 20.0 Å². The second-order valence-electron chi connectivity index (χ2n) is 5.48. The molecule has 2 aromatic heterocycles. The summed E-state index contributed by atoms with van der Waals surface area (Å²) < 4.78 is 28.6. The second-order valence-corrected chi connectivity index (χ2v) is 7.96. The van der Waals surface area contributed by atoms with E-state index in [1.54, 1.807) is 0 Å². The smallest absolute Gasteiger partial charge is 0.275 e. The maximum absolute atomic E-state index is 12.4. The maximum Gasteiger partial charge on any atom is 0.275 e. The Hall–Kier alpha value is -2.69. The molecule has 1 aromatic carbocycles. The lowest BCUT2D eigenvalue weighted by Crippen LogP contribution is -2.18. The van der Waals surface area contributed by atoms with Gasteiger partial charge in [-0.15, -0.1) is 10.2 Å². The van der Waals surface area contributed by atoms with Crippen molar-refractivity contribution < 1.29 is 13.2 Å². The fourth-order valence-corrected chi connectivity index (χ4v) is 3.63. The Morgan fingerprint density at radius 3 is 2.43 bits per heavy atom. The summed E-state index contributed by atoms with van der Waals surface area (Å²) in [7, 11) is -3.88. The molecule has 0 unspecified atom stereocenters. The Balaban J connectivity index is 1.74. The summed E-state index contributed by atoms with van der Waals surface area (Å²) in [5.41, 5.74) is 0.624. The standard InChI is InChI=1S/C16H14Cl2N6O3S/c1-2-24-15(12(17)9-19-24)16(25)20-10-3-5-11(6-4-10)28(26,27)23-14-8-7-13(18)21-22-14/h3-9H,2H2,1H3,(H,20,25)(H,22,23). The van der Waals surface area contributed by atoms with Crippen LogP contribution in [0.15, 0.2) is 47.5 Å². The molecule has 28 heavy (non-hydrogen) atoms. The normalized spacial score (nSPS) is 11.2. The first kappa shape index (κ1) is 20.1. The Kier molecular flexibility index (Phi) is 5.82. The van der Waals surface area contributed by atoms with E-state index >= 15 is 0 Å². The molecule has 0 aliphatic heterocycles. The van der Waals surface area contributed by atoms with E-state index in [4.69, 9.17) is 23.2 Å². The molecule has 12 heteroatoms. The van der Waals surface area contributed by atoms with E-state index in [-0.39, 0.29) is 26.6 Å². The van der Waals surface area contributed by atoms with Gasteiger partial charge in [-0.1, -0.05) is 23.2 Å². The number of carbonyl (C=O) groups is 1. The monoisotopic (exact) mass is 440 g/mol. The Labute approximate surface area is 170 Å². The molecule has 2 N–H and O–H groups in total. The molecule has 9 nitrogen and oxygen atoms in total. The van der Waals surface area contributed by atoms with Crippen LogP contribution in [-0.4, -0.2) is 34.3 Å². The number of sulfonamides is 1. The van der Waals surface area contributed by atoms with Crippen molar-refractivity contribution in [3.63, 3.8) is 0 Å². The van der Waals surface area contributed by atoms with E-state index < -0.39 is 15.9 Å². The third-order valence-corrected chi connectivity index (χ3v) is 5.45. The van der Waals surface area contributed by atoms with Crippen molar-refractivity contribution in [2.75, 3.05) is 10.0 Å². The van der Waals surface area contributed by atoms with Crippen molar-refractivity contribution in [2.24, 2.45) is 0 Å². The van der Waals surface area contributed by atoms with Crippen LogP contribution in [0.25, 0.3) is 0 Å². The predicted octanol–water partition coefficient (Wildman–Crippen LogP) is 3.05. The highest BCUT2D eigenvalue weighted by molar-refractivity contribution is 7.92. The van der Waals surface area contributed by atoms with Gasteiger partial charge in [-0.05, 0) is 43.3 Å². The Morgan fingerprint density at radius 2 is 1.82 bits per heavy atom. The number of amides is 1. The number of anilines is 2. The zero-order valence-electron chi connectivity index (χ0n) is 14.4. The summed E-state index contributed by atoms with van der Waals surface area (Å²) in [4.78, 5) is 12.4. The molecule has 1 amide bonds. The number of nitrogens with zero attached hydrogens (tertiary/aromatic N) is 4. The molecule has 2 heterocycles. The topological polar surface area (TPSA) is 119 Å². The molecule has 0 saturated carbocycles. The molecule has 0 aliphatic carbocycles. The largest absolute Gasteiger partial charge is 0.321 e. The number of benzene rings is 1. The number of halogens is 2. The van der Waals surface area contributed by atoms with Gasteiger partial charge in [-0.2, -0.15) is 5.10 Å². The molecule has 0 saturated heterocycles. The zero-order chi connectivity index (χ0) is 20.3. The highest BCUT2D eigenvalue weighted by atomic mass is 35.5. The summed E-state index contributed by atoms with van der Waals surface area (Å²) in [6, 6.07) is 8.42. The highest BCUT2D eigenvalue weighted by Gasteiger charge is 2.18. The number of aryl methyl sites for hydroxylation is 1. The van der Waals surface area contributed by atoms with Crippen molar-refractivity contribution in [1.29, 1.82) is 0 Å². The van der Waals surface area contributed by atoms with Crippen LogP contribution in [0.4, 0.5) is 11.5 Å². The SMILES string of the molecule is CCn1ncc(Cl)c1C(=O)Nc1ccc(S(=O)(=O)Nc2ccc(Cl)nn2)cc1.